The standard InChI is InChI=1S/C14H18N4O3S/c1-9(14-16-10(2)17-21-14)18(3)12(19)6-7-15-13(20)11-5-4-8-22-11/h4-5,8-9H,6-7H2,1-3H3,(H,15,20). The molecule has 1 atom stereocenters. The highest BCUT2D eigenvalue weighted by Crippen LogP contribution is 2.17. The van der Waals surface area contributed by atoms with E-state index in [0.717, 1.165) is 0 Å². The van der Waals surface area contributed by atoms with Gasteiger partial charge in [-0.15, -0.1) is 11.3 Å². The van der Waals surface area contributed by atoms with Crippen LogP contribution in [0, 0.1) is 6.92 Å². The number of carbonyl (C=O) groups is 2. The second-order valence-corrected chi connectivity index (χ2v) is 5.79. The molecule has 1 N–H and O–H groups in total. The van der Waals surface area contributed by atoms with Gasteiger partial charge in [-0.1, -0.05) is 11.2 Å². The third-order valence-corrected chi connectivity index (χ3v) is 4.11. The molecule has 0 bridgehead atoms. The molecular formula is C14H18N4O3S. The lowest BCUT2D eigenvalue weighted by molar-refractivity contribution is -0.132. The van der Waals surface area contributed by atoms with Gasteiger partial charge < -0.3 is 14.7 Å². The number of rotatable bonds is 6. The smallest absolute Gasteiger partial charge is 0.261 e. The number of nitrogens with zero attached hydrogens (tertiary/aromatic N) is 3. The van der Waals surface area contributed by atoms with Gasteiger partial charge in [0.25, 0.3) is 5.91 Å². The van der Waals surface area contributed by atoms with Crippen molar-refractivity contribution in [2.24, 2.45) is 0 Å². The van der Waals surface area contributed by atoms with Gasteiger partial charge in [-0.2, -0.15) is 4.98 Å². The first-order valence-corrected chi connectivity index (χ1v) is 7.74. The van der Waals surface area contributed by atoms with E-state index in [2.05, 4.69) is 15.5 Å². The number of hydrogen-bond acceptors (Lipinski definition) is 6. The molecule has 22 heavy (non-hydrogen) atoms. The summed E-state index contributed by atoms with van der Waals surface area (Å²) in [6.45, 7) is 3.83. The van der Waals surface area contributed by atoms with E-state index in [-0.39, 0.29) is 30.8 Å². The van der Waals surface area contributed by atoms with Gasteiger partial charge in [0.2, 0.25) is 11.8 Å². The molecule has 2 rings (SSSR count). The van der Waals surface area contributed by atoms with Crippen LogP contribution in [0.4, 0.5) is 0 Å². The molecule has 0 aromatic carbocycles. The first kappa shape index (κ1) is 16.2. The van der Waals surface area contributed by atoms with E-state index in [1.54, 1.807) is 20.0 Å². The summed E-state index contributed by atoms with van der Waals surface area (Å²) in [5, 5.41) is 8.27. The quantitative estimate of drug-likeness (QED) is 0.876. The SMILES string of the molecule is Cc1noc(C(C)N(C)C(=O)CCNC(=O)c2cccs2)n1. The Labute approximate surface area is 132 Å². The van der Waals surface area contributed by atoms with Crippen molar-refractivity contribution in [1.82, 2.24) is 20.4 Å². The van der Waals surface area contributed by atoms with Crippen LogP contribution in [0.2, 0.25) is 0 Å². The zero-order valence-corrected chi connectivity index (χ0v) is 13.5. The van der Waals surface area contributed by atoms with Crippen molar-refractivity contribution in [3.05, 3.63) is 34.1 Å². The Balaban J connectivity index is 1.80. The topological polar surface area (TPSA) is 88.3 Å². The number of thiophene rings is 1. The minimum Gasteiger partial charge on any atom is -0.351 e. The van der Waals surface area contributed by atoms with Gasteiger partial charge in [0.15, 0.2) is 5.82 Å². The van der Waals surface area contributed by atoms with E-state index in [1.165, 1.54) is 16.2 Å². The molecule has 7 nitrogen and oxygen atoms in total. The van der Waals surface area contributed by atoms with Gasteiger partial charge in [0.05, 0.1) is 4.88 Å². The highest BCUT2D eigenvalue weighted by molar-refractivity contribution is 7.12. The van der Waals surface area contributed by atoms with Crippen LogP contribution >= 0.6 is 11.3 Å². The van der Waals surface area contributed by atoms with E-state index in [1.807, 2.05) is 18.4 Å². The molecule has 0 fully saturated rings. The Morgan fingerprint density at radius 2 is 2.27 bits per heavy atom. The Hall–Kier alpha value is -2.22. The summed E-state index contributed by atoms with van der Waals surface area (Å²) < 4.78 is 5.07. The van der Waals surface area contributed by atoms with Crippen LogP contribution < -0.4 is 5.32 Å². The summed E-state index contributed by atoms with van der Waals surface area (Å²) >= 11 is 1.37. The van der Waals surface area contributed by atoms with E-state index in [4.69, 9.17) is 4.52 Å². The zero-order valence-electron chi connectivity index (χ0n) is 12.7. The number of amides is 2. The molecule has 2 amide bonds. The van der Waals surface area contributed by atoms with Crippen molar-refractivity contribution in [3.8, 4) is 0 Å². The number of aryl methyl sites for hydroxylation is 1. The summed E-state index contributed by atoms with van der Waals surface area (Å²) in [5.74, 6) is 0.669. The Kier molecular flexibility index (Phi) is 5.26. The van der Waals surface area contributed by atoms with Crippen LogP contribution in [0.3, 0.4) is 0 Å². The molecule has 2 aromatic rings. The molecule has 0 saturated heterocycles. The second kappa shape index (κ2) is 7.17. The molecule has 118 valence electrons. The van der Waals surface area contributed by atoms with Crippen molar-refractivity contribution in [3.63, 3.8) is 0 Å². The fourth-order valence-electron chi connectivity index (χ4n) is 1.82. The molecule has 0 radical (unpaired) electrons. The lowest BCUT2D eigenvalue weighted by Gasteiger charge is -2.22. The largest absolute Gasteiger partial charge is 0.351 e. The van der Waals surface area contributed by atoms with Crippen molar-refractivity contribution in [2.45, 2.75) is 26.3 Å². The number of carbonyl (C=O) groups excluding carboxylic acids is 2. The molecule has 1 unspecified atom stereocenters. The van der Waals surface area contributed by atoms with Crippen LogP contribution in [-0.2, 0) is 4.79 Å². The maximum atomic E-state index is 12.1. The van der Waals surface area contributed by atoms with Gasteiger partial charge in [0.1, 0.15) is 6.04 Å². The van der Waals surface area contributed by atoms with Gasteiger partial charge in [-0.25, -0.2) is 0 Å². The Morgan fingerprint density at radius 1 is 1.50 bits per heavy atom. The number of hydrogen-bond donors (Lipinski definition) is 1. The number of nitrogens with one attached hydrogen (secondary N) is 1. The fourth-order valence-corrected chi connectivity index (χ4v) is 2.46. The summed E-state index contributed by atoms with van der Waals surface area (Å²) in [4.78, 5) is 30.2. The first-order valence-electron chi connectivity index (χ1n) is 6.86. The lowest BCUT2D eigenvalue weighted by atomic mass is 10.2. The zero-order chi connectivity index (χ0) is 16.1. The minimum atomic E-state index is -0.304. The number of aromatic nitrogens is 2. The van der Waals surface area contributed by atoms with E-state index >= 15 is 0 Å². The molecule has 8 heteroatoms. The maximum Gasteiger partial charge on any atom is 0.261 e. The predicted octanol–water partition coefficient (Wildman–Crippen LogP) is 1.78. The van der Waals surface area contributed by atoms with Gasteiger partial charge >= 0.3 is 0 Å². The van der Waals surface area contributed by atoms with Gasteiger partial charge in [-0.3, -0.25) is 9.59 Å². The minimum absolute atomic E-state index is 0.102. The van der Waals surface area contributed by atoms with E-state index in [9.17, 15) is 9.59 Å². The second-order valence-electron chi connectivity index (χ2n) is 4.84. The molecule has 2 aromatic heterocycles. The van der Waals surface area contributed by atoms with Crippen LogP contribution in [0.1, 0.15) is 40.8 Å². The summed E-state index contributed by atoms with van der Waals surface area (Å²) in [7, 11) is 1.67. The third kappa shape index (κ3) is 3.91. The highest BCUT2D eigenvalue weighted by atomic mass is 32.1. The van der Waals surface area contributed by atoms with Crippen LogP contribution in [0.5, 0.6) is 0 Å². The Morgan fingerprint density at radius 3 is 2.86 bits per heavy atom. The summed E-state index contributed by atoms with van der Waals surface area (Å²) in [5.41, 5.74) is 0. The van der Waals surface area contributed by atoms with Gasteiger partial charge in [0, 0.05) is 20.0 Å². The van der Waals surface area contributed by atoms with Crippen molar-refractivity contribution >= 4 is 23.2 Å². The molecule has 0 aliphatic rings. The van der Waals surface area contributed by atoms with Crippen LogP contribution in [0.15, 0.2) is 22.0 Å². The predicted molar refractivity (Wildman–Crippen MR) is 81.5 cm³/mol. The average molecular weight is 322 g/mol. The highest BCUT2D eigenvalue weighted by Gasteiger charge is 2.22. The van der Waals surface area contributed by atoms with Crippen molar-refractivity contribution < 1.29 is 14.1 Å². The van der Waals surface area contributed by atoms with Crippen molar-refractivity contribution in [1.29, 1.82) is 0 Å². The molecule has 0 spiro atoms. The maximum absolute atomic E-state index is 12.1. The van der Waals surface area contributed by atoms with Crippen LogP contribution in [0.25, 0.3) is 0 Å². The summed E-state index contributed by atoms with van der Waals surface area (Å²) in [6, 6.07) is 3.25. The third-order valence-electron chi connectivity index (χ3n) is 3.24. The lowest BCUT2D eigenvalue weighted by Crippen LogP contribution is -2.33. The fraction of sp³-hybridized carbons (Fsp3) is 0.429. The first-order chi connectivity index (χ1) is 10.5. The molecule has 0 aliphatic carbocycles. The van der Waals surface area contributed by atoms with Crippen molar-refractivity contribution in [2.75, 3.05) is 13.6 Å². The average Bonchev–Trinajstić information content (AvgIpc) is 3.16. The molecule has 0 saturated carbocycles. The Bertz CT molecular complexity index is 638. The normalized spacial score (nSPS) is 12.0. The molecule has 0 aliphatic heterocycles. The van der Waals surface area contributed by atoms with E-state index < -0.39 is 0 Å². The monoisotopic (exact) mass is 322 g/mol. The molecule has 2 heterocycles. The van der Waals surface area contributed by atoms with Gasteiger partial charge in [-0.05, 0) is 25.3 Å². The van der Waals surface area contributed by atoms with Crippen LogP contribution in [-0.4, -0.2) is 40.4 Å². The van der Waals surface area contributed by atoms with E-state index in [0.29, 0.717) is 16.6 Å². The summed E-state index contributed by atoms with van der Waals surface area (Å²) in [6.07, 6.45) is 0.213. The molecular weight excluding hydrogens is 304 g/mol.